The fourth-order valence-electron chi connectivity index (χ4n) is 1.38. The average Bonchev–Trinajstić information content (AvgIpc) is 2.01. The zero-order valence-electron chi connectivity index (χ0n) is 8.70. The molecule has 0 unspecified atom stereocenters. The van der Waals surface area contributed by atoms with Crippen molar-refractivity contribution in [2.24, 2.45) is 0 Å². The summed E-state index contributed by atoms with van der Waals surface area (Å²) in [5, 5.41) is 0. The van der Waals surface area contributed by atoms with E-state index < -0.39 is 11.5 Å². The number of rotatable bonds is 2. The first-order chi connectivity index (χ1) is 6.32. The lowest BCUT2D eigenvalue weighted by atomic mass is 9.91. The van der Waals surface area contributed by atoms with Crippen molar-refractivity contribution >= 4 is 5.57 Å². The van der Waals surface area contributed by atoms with Crippen LogP contribution in [0.4, 0.5) is 8.78 Å². The molecule has 0 aliphatic heterocycles. The Labute approximate surface area is 83.3 Å². The fourth-order valence-corrected chi connectivity index (χ4v) is 1.38. The Morgan fingerprint density at radius 1 is 1.36 bits per heavy atom. The molecule has 0 saturated heterocycles. The summed E-state index contributed by atoms with van der Waals surface area (Å²) in [4.78, 5) is 0. The van der Waals surface area contributed by atoms with Crippen molar-refractivity contribution in [1.29, 1.82) is 0 Å². The summed E-state index contributed by atoms with van der Waals surface area (Å²) in [5.41, 5.74) is 0.228. The Kier molecular flexibility index (Phi) is 2.74. The van der Waals surface area contributed by atoms with Crippen LogP contribution >= 0.6 is 0 Å². The summed E-state index contributed by atoms with van der Waals surface area (Å²) in [5.74, 6) is -0.421. The Morgan fingerprint density at radius 3 is 2.36 bits per heavy atom. The molecule has 0 N–H and O–H groups in total. The van der Waals surface area contributed by atoms with Crippen LogP contribution in [0.5, 0.6) is 0 Å². The third-order valence-electron chi connectivity index (χ3n) is 2.08. The quantitative estimate of drug-likeness (QED) is 0.669. The fraction of sp³-hybridized carbons (Fsp3) is 0.333. The second-order valence-corrected chi connectivity index (χ2v) is 3.94. The van der Waals surface area contributed by atoms with E-state index in [1.807, 2.05) is 0 Å². The van der Waals surface area contributed by atoms with Gasteiger partial charge >= 0.3 is 0 Å². The van der Waals surface area contributed by atoms with Crippen LogP contribution in [-0.4, -0.2) is 0 Å². The van der Waals surface area contributed by atoms with Gasteiger partial charge in [0.05, 0.1) is 0 Å². The van der Waals surface area contributed by atoms with Gasteiger partial charge in [0.15, 0.2) is 0 Å². The van der Waals surface area contributed by atoms with Crippen LogP contribution in [0.2, 0.25) is 0 Å². The molecule has 0 fully saturated rings. The molecule has 76 valence electrons. The lowest BCUT2D eigenvalue weighted by molar-refractivity contribution is 0.220. The van der Waals surface area contributed by atoms with Gasteiger partial charge in [-0.15, -0.1) is 0 Å². The molecule has 0 atom stereocenters. The van der Waals surface area contributed by atoms with Gasteiger partial charge < -0.3 is 0 Å². The van der Waals surface area contributed by atoms with Crippen LogP contribution in [0.1, 0.15) is 31.9 Å². The maximum atomic E-state index is 13.7. The molecule has 2 heteroatoms. The maximum Gasteiger partial charge on any atom is 0.131 e. The van der Waals surface area contributed by atoms with E-state index in [4.69, 9.17) is 0 Å². The molecule has 1 aromatic carbocycles. The van der Waals surface area contributed by atoms with Crippen LogP contribution in [0, 0.1) is 5.82 Å². The largest absolute Gasteiger partial charge is 0.239 e. The number of allylic oxidation sites excluding steroid dienone is 1. The Bertz CT molecular complexity index is 359. The van der Waals surface area contributed by atoms with Crippen molar-refractivity contribution in [3.8, 4) is 0 Å². The minimum atomic E-state index is -1.55. The van der Waals surface area contributed by atoms with Crippen molar-refractivity contribution in [2.75, 3.05) is 0 Å². The van der Waals surface area contributed by atoms with E-state index in [9.17, 15) is 8.78 Å². The van der Waals surface area contributed by atoms with Crippen LogP contribution < -0.4 is 0 Å². The minimum absolute atomic E-state index is 0.352. The molecule has 0 heterocycles. The highest BCUT2D eigenvalue weighted by Crippen LogP contribution is 2.31. The molecule has 14 heavy (non-hydrogen) atoms. The number of hydrogen-bond acceptors (Lipinski definition) is 0. The first-order valence-electron chi connectivity index (χ1n) is 4.47. The normalized spacial score (nSPS) is 11.5. The average molecular weight is 196 g/mol. The van der Waals surface area contributed by atoms with Gasteiger partial charge in [-0.05, 0) is 44.0 Å². The van der Waals surface area contributed by atoms with E-state index in [2.05, 4.69) is 6.58 Å². The minimum Gasteiger partial charge on any atom is -0.239 e. The molecule has 0 aliphatic carbocycles. The molecule has 0 saturated carbocycles. The van der Waals surface area contributed by atoms with E-state index >= 15 is 0 Å². The van der Waals surface area contributed by atoms with Crippen molar-refractivity contribution in [1.82, 2.24) is 0 Å². The number of alkyl halides is 1. The van der Waals surface area contributed by atoms with Crippen molar-refractivity contribution < 1.29 is 8.78 Å². The Morgan fingerprint density at radius 2 is 1.93 bits per heavy atom. The monoisotopic (exact) mass is 196 g/mol. The number of halogens is 2. The predicted molar refractivity (Wildman–Crippen MR) is 55.2 cm³/mol. The molecular weight excluding hydrogens is 182 g/mol. The van der Waals surface area contributed by atoms with E-state index in [0.717, 1.165) is 5.57 Å². The van der Waals surface area contributed by atoms with E-state index in [0.29, 0.717) is 11.1 Å². The molecule has 1 aromatic rings. The Balaban J connectivity index is 3.38. The zero-order chi connectivity index (χ0) is 10.9. The van der Waals surface area contributed by atoms with Crippen LogP contribution in [-0.2, 0) is 5.67 Å². The van der Waals surface area contributed by atoms with Crippen molar-refractivity contribution in [3.63, 3.8) is 0 Å². The Hall–Kier alpha value is -1.18. The molecule has 0 nitrogen and oxygen atoms in total. The maximum absolute atomic E-state index is 13.7. The highest BCUT2D eigenvalue weighted by molar-refractivity contribution is 5.65. The lowest BCUT2D eigenvalue weighted by Gasteiger charge is -2.19. The van der Waals surface area contributed by atoms with Crippen molar-refractivity contribution in [2.45, 2.75) is 26.4 Å². The highest BCUT2D eigenvalue weighted by atomic mass is 19.1. The van der Waals surface area contributed by atoms with E-state index in [1.54, 1.807) is 13.0 Å². The van der Waals surface area contributed by atoms with Crippen molar-refractivity contribution in [3.05, 3.63) is 41.7 Å². The van der Waals surface area contributed by atoms with Gasteiger partial charge in [-0.25, -0.2) is 8.78 Å². The van der Waals surface area contributed by atoms with Gasteiger partial charge in [-0.1, -0.05) is 18.2 Å². The zero-order valence-corrected chi connectivity index (χ0v) is 8.70. The van der Waals surface area contributed by atoms with E-state index in [-0.39, 0.29) is 0 Å². The molecule has 1 rings (SSSR count). The first kappa shape index (κ1) is 10.9. The first-order valence-corrected chi connectivity index (χ1v) is 4.47. The number of hydrogen-bond donors (Lipinski definition) is 0. The molecule has 0 spiro atoms. The molecule has 0 amide bonds. The van der Waals surface area contributed by atoms with E-state index in [1.165, 1.54) is 26.0 Å². The lowest BCUT2D eigenvalue weighted by Crippen LogP contribution is -2.12. The van der Waals surface area contributed by atoms with Gasteiger partial charge in [0.1, 0.15) is 11.5 Å². The predicted octanol–water partition coefficient (Wildman–Crippen LogP) is 4.06. The van der Waals surface area contributed by atoms with Gasteiger partial charge in [-0.3, -0.25) is 0 Å². The standard InChI is InChI=1S/C12H14F2/c1-8(2)10-6-5-9(13)7-11(10)12(3,4)14/h5-7H,1H2,2-4H3. The molecule has 0 radical (unpaired) electrons. The third kappa shape index (κ3) is 2.19. The van der Waals surface area contributed by atoms with Gasteiger partial charge in [-0.2, -0.15) is 0 Å². The van der Waals surface area contributed by atoms with Crippen LogP contribution in [0.25, 0.3) is 5.57 Å². The summed E-state index contributed by atoms with van der Waals surface area (Å²) in [7, 11) is 0. The van der Waals surface area contributed by atoms with Gasteiger partial charge in [0.25, 0.3) is 0 Å². The topological polar surface area (TPSA) is 0 Å². The number of benzene rings is 1. The van der Waals surface area contributed by atoms with Crippen LogP contribution in [0.15, 0.2) is 24.8 Å². The SMILES string of the molecule is C=C(C)c1ccc(F)cc1C(C)(C)F. The molecule has 0 aliphatic rings. The molecular formula is C12H14F2. The molecule has 0 bridgehead atoms. The summed E-state index contributed by atoms with van der Waals surface area (Å²) < 4.78 is 26.7. The van der Waals surface area contributed by atoms with Gasteiger partial charge in [0.2, 0.25) is 0 Å². The third-order valence-corrected chi connectivity index (χ3v) is 2.08. The smallest absolute Gasteiger partial charge is 0.131 e. The summed E-state index contributed by atoms with van der Waals surface area (Å²) in [6, 6.07) is 4.11. The molecule has 0 aromatic heterocycles. The summed E-state index contributed by atoms with van der Waals surface area (Å²) in [6.07, 6.45) is 0. The second kappa shape index (κ2) is 3.52. The summed E-state index contributed by atoms with van der Waals surface area (Å²) >= 11 is 0. The van der Waals surface area contributed by atoms with Crippen LogP contribution in [0.3, 0.4) is 0 Å². The summed E-state index contributed by atoms with van der Waals surface area (Å²) in [6.45, 7) is 8.34. The highest BCUT2D eigenvalue weighted by Gasteiger charge is 2.23. The van der Waals surface area contributed by atoms with Gasteiger partial charge in [0, 0.05) is 0 Å². The second-order valence-electron chi connectivity index (χ2n) is 3.94.